The van der Waals surface area contributed by atoms with E-state index in [0.717, 1.165) is 6.42 Å². The number of rotatable bonds is 10. The highest BCUT2D eigenvalue weighted by Gasteiger charge is 2.46. The smallest absolute Gasteiger partial charge is 0.295 e. The summed E-state index contributed by atoms with van der Waals surface area (Å²) in [4.78, 5) is 30.0. The zero-order chi connectivity index (χ0) is 27.4. The second-order valence-electron chi connectivity index (χ2n) is 10.1. The molecule has 4 rings (SSSR count). The molecular weight excluding hydrogens is 488 g/mol. The van der Waals surface area contributed by atoms with E-state index in [4.69, 9.17) is 18.9 Å². The topological polar surface area (TPSA) is 97.8 Å². The van der Waals surface area contributed by atoms with Crippen LogP contribution in [0.15, 0.2) is 42.0 Å². The third-order valence-corrected chi connectivity index (χ3v) is 6.60. The molecule has 38 heavy (non-hydrogen) atoms. The van der Waals surface area contributed by atoms with Crippen molar-refractivity contribution in [1.82, 2.24) is 9.80 Å². The number of benzene rings is 2. The largest absolute Gasteiger partial charge is 0.507 e. The van der Waals surface area contributed by atoms with Crippen LogP contribution in [0.3, 0.4) is 0 Å². The molecule has 0 aromatic heterocycles. The summed E-state index contributed by atoms with van der Waals surface area (Å²) in [6.45, 7) is 6.46. The van der Waals surface area contributed by atoms with Gasteiger partial charge in [-0.25, -0.2) is 0 Å². The number of Topliss-reactive ketones (excluding diaryl/α,β-unsaturated/α-hetero) is 1. The highest BCUT2D eigenvalue weighted by molar-refractivity contribution is 6.46. The molecule has 1 unspecified atom stereocenters. The van der Waals surface area contributed by atoms with Crippen LogP contribution in [0.1, 0.15) is 37.4 Å². The molecule has 2 aromatic carbocycles. The molecule has 0 radical (unpaired) electrons. The summed E-state index contributed by atoms with van der Waals surface area (Å²) in [6.07, 6.45) is 0.894. The summed E-state index contributed by atoms with van der Waals surface area (Å²) < 4.78 is 22.8. The van der Waals surface area contributed by atoms with E-state index in [2.05, 4.69) is 13.8 Å². The van der Waals surface area contributed by atoms with Crippen molar-refractivity contribution in [3.05, 3.63) is 53.1 Å². The van der Waals surface area contributed by atoms with Crippen molar-refractivity contribution in [2.75, 3.05) is 54.1 Å². The number of hydrogen-bond acceptors (Lipinski definition) is 8. The van der Waals surface area contributed by atoms with Crippen molar-refractivity contribution in [3.63, 3.8) is 0 Å². The van der Waals surface area contributed by atoms with E-state index in [1.54, 1.807) is 37.4 Å². The number of hydrogen-bond donors (Lipinski definition) is 1. The van der Waals surface area contributed by atoms with Crippen molar-refractivity contribution in [2.45, 2.75) is 26.3 Å². The maximum Gasteiger partial charge on any atom is 0.295 e. The van der Waals surface area contributed by atoms with Crippen LogP contribution < -0.4 is 18.9 Å². The van der Waals surface area contributed by atoms with Gasteiger partial charge in [-0.05, 0) is 62.3 Å². The standard InChI is InChI=1S/C29H36N2O7/c1-18(2)10-13-36-21-8-6-19(16-23(21)35-5)26-25(28(33)29(34)31(26)12-11-30(3)4)27(32)20-7-9-22-24(17-20)38-15-14-37-22/h6-9,16-18,26,32H,10-15H2,1-5H3. The first kappa shape index (κ1) is 27.3. The van der Waals surface area contributed by atoms with Gasteiger partial charge in [0.1, 0.15) is 19.0 Å². The van der Waals surface area contributed by atoms with Crippen molar-refractivity contribution in [1.29, 1.82) is 0 Å². The Labute approximate surface area is 223 Å². The fraction of sp³-hybridized carbons (Fsp3) is 0.448. The lowest BCUT2D eigenvalue weighted by atomic mass is 9.94. The second-order valence-corrected chi connectivity index (χ2v) is 10.1. The van der Waals surface area contributed by atoms with Crippen molar-refractivity contribution in [2.24, 2.45) is 5.92 Å². The van der Waals surface area contributed by atoms with Gasteiger partial charge in [0, 0.05) is 18.7 Å². The van der Waals surface area contributed by atoms with Gasteiger partial charge >= 0.3 is 0 Å². The molecule has 0 spiro atoms. The highest BCUT2D eigenvalue weighted by Crippen LogP contribution is 2.43. The maximum atomic E-state index is 13.3. The van der Waals surface area contributed by atoms with Crippen LogP contribution in [-0.4, -0.2) is 80.7 Å². The van der Waals surface area contributed by atoms with Crippen LogP contribution in [0.25, 0.3) is 5.76 Å². The lowest BCUT2D eigenvalue weighted by Gasteiger charge is -2.27. The molecule has 0 bridgehead atoms. The molecule has 1 N–H and O–H groups in total. The summed E-state index contributed by atoms with van der Waals surface area (Å²) in [5.41, 5.74) is 1.02. The van der Waals surface area contributed by atoms with Crippen LogP contribution >= 0.6 is 0 Å². The van der Waals surface area contributed by atoms with Crippen LogP contribution in [0.2, 0.25) is 0 Å². The number of ketones is 1. The lowest BCUT2D eigenvalue weighted by molar-refractivity contribution is -0.140. The first-order valence-electron chi connectivity index (χ1n) is 12.8. The number of likely N-dealkylation sites (tertiary alicyclic amines) is 1. The third-order valence-electron chi connectivity index (χ3n) is 6.60. The number of likely N-dealkylation sites (N-methyl/N-ethyl adjacent to an activating group) is 1. The van der Waals surface area contributed by atoms with Gasteiger partial charge < -0.3 is 33.9 Å². The van der Waals surface area contributed by atoms with E-state index in [1.807, 2.05) is 25.1 Å². The van der Waals surface area contributed by atoms with Gasteiger partial charge in [-0.1, -0.05) is 19.9 Å². The quantitative estimate of drug-likeness (QED) is 0.284. The molecule has 204 valence electrons. The highest BCUT2D eigenvalue weighted by atomic mass is 16.6. The molecule has 1 atom stereocenters. The Balaban J connectivity index is 1.77. The van der Waals surface area contributed by atoms with E-state index >= 15 is 0 Å². The fourth-order valence-electron chi connectivity index (χ4n) is 4.49. The van der Waals surface area contributed by atoms with Crippen LogP contribution in [0.4, 0.5) is 0 Å². The number of carbonyl (C=O) groups is 2. The minimum atomic E-state index is -0.804. The van der Waals surface area contributed by atoms with Crippen LogP contribution in [-0.2, 0) is 9.59 Å². The van der Waals surface area contributed by atoms with E-state index in [0.29, 0.717) is 73.0 Å². The van der Waals surface area contributed by atoms with E-state index < -0.39 is 17.7 Å². The maximum absolute atomic E-state index is 13.3. The summed E-state index contributed by atoms with van der Waals surface area (Å²) in [5, 5.41) is 11.4. The van der Waals surface area contributed by atoms with Crippen LogP contribution in [0, 0.1) is 5.92 Å². The summed E-state index contributed by atoms with van der Waals surface area (Å²) in [5.74, 6) is 0.935. The Bertz CT molecular complexity index is 1220. The number of amides is 1. The Morgan fingerprint density at radius 1 is 1.08 bits per heavy atom. The predicted molar refractivity (Wildman–Crippen MR) is 143 cm³/mol. The summed E-state index contributed by atoms with van der Waals surface area (Å²) in [6, 6.07) is 9.52. The molecule has 2 aliphatic heterocycles. The van der Waals surface area contributed by atoms with Gasteiger partial charge in [-0.15, -0.1) is 0 Å². The molecular formula is C29H36N2O7. The molecule has 0 aliphatic carbocycles. The molecule has 1 saturated heterocycles. The number of methoxy groups -OCH3 is 1. The van der Waals surface area contributed by atoms with Gasteiger partial charge in [0.2, 0.25) is 0 Å². The molecule has 2 aromatic rings. The molecule has 9 heteroatoms. The second kappa shape index (κ2) is 11.8. The number of nitrogens with zero attached hydrogens (tertiary/aromatic N) is 2. The SMILES string of the molecule is COc1cc(C2C(=C(O)c3ccc4c(c3)OCCO4)C(=O)C(=O)N2CCN(C)C)ccc1OCCC(C)C. The zero-order valence-electron chi connectivity index (χ0n) is 22.7. The number of fused-ring (bicyclic) bond motifs is 1. The van der Waals surface area contributed by atoms with E-state index in [-0.39, 0.29) is 11.3 Å². The molecule has 1 fully saturated rings. The zero-order valence-corrected chi connectivity index (χ0v) is 22.7. The van der Waals surface area contributed by atoms with E-state index in [9.17, 15) is 14.7 Å². The lowest BCUT2D eigenvalue weighted by Crippen LogP contribution is -2.35. The van der Waals surface area contributed by atoms with Crippen molar-refractivity contribution >= 4 is 17.4 Å². The predicted octanol–water partition coefficient (Wildman–Crippen LogP) is 3.87. The first-order valence-corrected chi connectivity index (χ1v) is 12.8. The van der Waals surface area contributed by atoms with E-state index in [1.165, 1.54) is 4.90 Å². The Morgan fingerprint density at radius 3 is 2.50 bits per heavy atom. The van der Waals surface area contributed by atoms with Gasteiger partial charge in [-0.3, -0.25) is 9.59 Å². The number of aliphatic hydroxyl groups excluding tert-OH is 1. The summed E-state index contributed by atoms with van der Waals surface area (Å²) in [7, 11) is 5.34. The monoisotopic (exact) mass is 524 g/mol. The average molecular weight is 525 g/mol. The average Bonchev–Trinajstić information content (AvgIpc) is 3.16. The fourth-order valence-corrected chi connectivity index (χ4v) is 4.49. The molecule has 0 saturated carbocycles. The molecule has 2 aliphatic rings. The van der Waals surface area contributed by atoms with Crippen LogP contribution in [0.5, 0.6) is 23.0 Å². The Morgan fingerprint density at radius 2 is 1.82 bits per heavy atom. The minimum absolute atomic E-state index is 0.0148. The van der Waals surface area contributed by atoms with Gasteiger partial charge in [0.05, 0.1) is 25.3 Å². The van der Waals surface area contributed by atoms with Gasteiger partial charge in [-0.2, -0.15) is 0 Å². The molecule has 9 nitrogen and oxygen atoms in total. The summed E-state index contributed by atoms with van der Waals surface area (Å²) >= 11 is 0. The van der Waals surface area contributed by atoms with Crippen molar-refractivity contribution in [3.8, 4) is 23.0 Å². The van der Waals surface area contributed by atoms with Gasteiger partial charge in [0.15, 0.2) is 23.0 Å². The van der Waals surface area contributed by atoms with Crippen molar-refractivity contribution < 1.29 is 33.6 Å². The third kappa shape index (κ3) is 5.72. The number of aliphatic hydroxyl groups is 1. The Hall–Kier alpha value is -3.72. The Kier molecular flexibility index (Phi) is 8.46. The normalized spacial score (nSPS) is 18.4. The number of ether oxygens (including phenoxy) is 4. The minimum Gasteiger partial charge on any atom is -0.507 e. The molecule has 1 amide bonds. The molecule has 2 heterocycles. The number of carbonyl (C=O) groups excluding carboxylic acids is 2. The van der Waals surface area contributed by atoms with Gasteiger partial charge in [0.25, 0.3) is 11.7 Å². The first-order chi connectivity index (χ1) is 18.2.